The Morgan fingerprint density at radius 1 is 1.14 bits per heavy atom. The lowest BCUT2D eigenvalue weighted by molar-refractivity contribution is -0.114. The number of anilines is 2. The zero-order valence-corrected chi connectivity index (χ0v) is 12.0. The lowest BCUT2D eigenvalue weighted by Crippen LogP contribution is -2.21. The van der Waals surface area contributed by atoms with Crippen LogP contribution in [0, 0.1) is 12.3 Å². The third kappa shape index (κ3) is 4.39. The van der Waals surface area contributed by atoms with Crippen LogP contribution in [-0.4, -0.2) is 12.5 Å². The average molecular weight is 278 g/mol. The van der Waals surface area contributed by atoms with Crippen LogP contribution in [0.2, 0.25) is 0 Å². The number of hydrogen-bond donors (Lipinski definition) is 2. The highest BCUT2D eigenvalue weighted by molar-refractivity contribution is 5.93. The van der Waals surface area contributed by atoms with Crippen molar-refractivity contribution in [1.82, 2.24) is 0 Å². The highest BCUT2D eigenvalue weighted by atomic mass is 16.1. The van der Waals surface area contributed by atoms with Crippen LogP contribution in [0.4, 0.5) is 11.4 Å². The van der Waals surface area contributed by atoms with Crippen molar-refractivity contribution < 1.29 is 4.79 Å². The van der Waals surface area contributed by atoms with Gasteiger partial charge in [-0.25, -0.2) is 0 Å². The van der Waals surface area contributed by atoms with Crippen molar-refractivity contribution >= 4 is 17.3 Å². The van der Waals surface area contributed by atoms with Gasteiger partial charge in [-0.3, -0.25) is 4.79 Å². The van der Waals surface area contributed by atoms with E-state index in [2.05, 4.69) is 23.5 Å². The molecule has 2 rings (SSSR count). The zero-order chi connectivity index (χ0) is 15.1. The van der Waals surface area contributed by atoms with Gasteiger partial charge in [0.2, 0.25) is 5.91 Å². The average Bonchev–Trinajstić information content (AvgIpc) is 2.53. The summed E-state index contributed by atoms with van der Waals surface area (Å²) in [6, 6.07) is 15.3. The summed E-state index contributed by atoms with van der Waals surface area (Å²) in [4.78, 5) is 11.9. The number of benzene rings is 2. The normalized spacial score (nSPS) is 9.71. The van der Waals surface area contributed by atoms with Crippen LogP contribution in [0.3, 0.4) is 0 Å². The molecule has 3 nitrogen and oxygen atoms in total. The van der Waals surface area contributed by atoms with E-state index < -0.39 is 0 Å². The predicted octanol–water partition coefficient (Wildman–Crippen LogP) is 3.28. The van der Waals surface area contributed by atoms with E-state index in [1.54, 1.807) is 0 Å². The second kappa shape index (κ2) is 7.16. The highest BCUT2D eigenvalue weighted by Gasteiger charge is 2.03. The molecule has 0 aliphatic carbocycles. The Hall–Kier alpha value is -2.73. The summed E-state index contributed by atoms with van der Waals surface area (Å²) < 4.78 is 0. The third-order valence-electron chi connectivity index (χ3n) is 3.10. The van der Waals surface area contributed by atoms with Gasteiger partial charge in [-0.2, -0.15) is 0 Å². The van der Waals surface area contributed by atoms with Gasteiger partial charge in [0.15, 0.2) is 0 Å². The van der Waals surface area contributed by atoms with Crippen LogP contribution in [0.15, 0.2) is 48.5 Å². The van der Waals surface area contributed by atoms with Crippen molar-refractivity contribution in [2.24, 2.45) is 0 Å². The maximum atomic E-state index is 11.9. The van der Waals surface area contributed by atoms with Crippen molar-refractivity contribution in [3.8, 4) is 12.3 Å². The van der Waals surface area contributed by atoms with E-state index in [-0.39, 0.29) is 12.5 Å². The van der Waals surface area contributed by atoms with Crippen LogP contribution >= 0.6 is 0 Å². The van der Waals surface area contributed by atoms with Gasteiger partial charge in [0, 0.05) is 16.9 Å². The van der Waals surface area contributed by atoms with E-state index in [4.69, 9.17) is 6.42 Å². The van der Waals surface area contributed by atoms with Crippen LogP contribution < -0.4 is 10.6 Å². The molecular weight excluding hydrogens is 260 g/mol. The molecule has 0 spiro atoms. The maximum absolute atomic E-state index is 11.9. The molecule has 0 aromatic heterocycles. The highest BCUT2D eigenvalue weighted by Crippen LogP contribution is 2.12. The number of carbonyl (C=O) groups is 1. The molecule has 2 aromatic rings. The van der Waals surface area contributed by atoms with Crippen molar-refractivity contribution in [3.63, 3.8) is 0 Å². The number of aryl methyl sites for hydroxylation is 1. The minimum Gasteiger partial charge on any atom is -0.376 e. The Labute approximate surface area is 125 Å². The van der Waals surface area contributed by atoms with Crippen molar-refractivity contribution in [1.29, 1.82) is 0 Å². The summed E-state index contributed by atoms with van der Waals surface area (Å²) in [5.74, 6) is 2.48. The van der Waals surface area contributed by atoms with Gasteiger partial charge < -0.3 is 10.6 Å². The molecule has 2 aromatic carbocycles. The molecule has 3 heteroatoms. The van der Waals surface area contributed by atoms with Gasteiger partial charge in [0.05, 0.1) is 6.54 Å². The summed E-state index contributed by atoms with van der Waals surface area (Å²) in [6.45, 7) is 2.28. The van der Waals surface area contributed by atoms with Gasteiger partial charge >= 0.3 is 0 Å². The fraction of sp³-hybridized carbons (Fsp3) is 0.167. The summed E-state index contributed by atoms with van der Waals surface area (Å²) in [5.41, 5.74) is 3.64. The number of amides is 1. The molecule has 0 heterocycles. The van der Waals surface area contributed by atoms with E-state index in [0.29, 0.717) is 0 Å². The SMILES string of the molecule is C#Cc1cccc(NCC(=O)Nc2cccc(CC)c2)c1. The first-order valence-corrected chi connectivity index (χ1v) is 6.90. The monoisotopic (exact) mass is 278 g/mol. The number of terminal acetylenes is 1. The van der Waals surface area contributed by atoms with Crippen molar-refractivity contribution in [3.05, 3.63) is 59.7 Å². The smallest absolute Gasteiger partial charge is 0.243 e. The maximum Gasteiger partial charge on any atom is 0.243 e. The van der Waals surface area contributed by atoms with Gasteiger partial charge in [0.1, 0.15) is 0 Å². The molecule has 0 radical (unpaired) electrons. The minimum atomic E-state index is -0.0886. The van der Waals surface area contributed by atoms with Crippen LogP contribution in [0.5, 0.6) is 0 Å². The number of nitrogens with one attached hydrogen (secondary N) is 2. The van der Waals surface area contributed by atoms with E-state index in [1.807, 2.05) is 48.5 Å². The molecule has 21 heavy (non-hydrogen) atoms. The molecule has 0 saturated heterocycles. The molecule has 0 atom stereocenters. The second-order valence-electron chi connectivity index (χ2n) is 4.68. The second-order valence-corrected chi connectivity index (χ2v) is 4.68. The molecular formula is C18H18N2O. The molecule has 0 aliphatic heterocycles. The molecule has 0 aliphatic rings. The molecule has 0 unspecified atom stereocenters. The Balaban J connectivity index is 1.91. The summed E-state index contributed by atoms with van der Waals surface area (Å²) in [7, 11) is 0. The van der Waals surface area contributed by atoms with Gasteiger partial charge in [-0.15, -0.1) is 6.42 Å². The first-order chi connectivity index (χ1) is 10.2. The Morgan fingerprint density at radius 2 is 1.90 bits per heavy atom. The minimum absolute atomic E-state index is 0.0886. The topological polar surface area (TPSA) is 41.1 Å². The quantitative estimate of drug-likeness (QED) is 0.824. The first kappa shape index (κ1) is 14.7. The largest absolute Gasteiger partial charge is 0.376 e. The Kier molecular flexibility index (Phi) is 5.00. The van der Waals surface area contributed by atoms with Gasteiger partial charge in [-0.05, 0) is 42.3 Å². The summed E-state index contributed by atoms with van der Waals surface area (Å²) in [5, 5.41) is 5.93. The van der Waals surface area contributed by atoms with E-state index >= 15 is 0 Å². The molecule has 0 fully saturated rings. The molecule has 106 valence electrons. The van der Waals surface area contributed by atoms with E-state index in [0.717, 1.165) is 23.4 Å². The van der Waals surface area contributed by atoms with Gasteiger partial charge in [-0.1, -0.05) is 31.0 Å². The number of carbonyl (C=O) groups excluding carboxylic acids is 1. The summed E-state index contributed by atoms with van der Waals surface area (Å²) >= 11 is 0. The number of rotatable bonds is 5. The Bertz CT molecular complexity index is 671. The van der Waals surface area contributed by atoms with E-state index in [9.17, 15) is 4.79 Å². The number of hydrogen-bond acceptors (Lipinski definition) is 2. The van der Waals surface area contributed by atoms with Crippen molar-refractivity contribution in [2.75, 3.05) is 17.2 Å². The predicted molar refractivity (Wildman–Crippen MR) is 87.3 cm³/mol. The third-order valence-corrected chi connectivity index (χ3v) is 3.10. The van der Waals surface area contributed by atoms with Crippen LogP contribution in [-0.2, 0) is 11.2 Å². The van der Waals surface area contributed by atoms with Crippen LogP contribution in [0.25, 0.3) is 0 Å². The van der Waals surface area contributed by atoms with Crippen molar-refractivity contribution in [2.45, 2.75) is 13.3 Å². The molecule has 0 saturated carbocycles. The lowest BCUT2D eigenvalue weighted by Gasteiger charge is -2.09. The first-order valence-electron chi connectivity index (χ1n) is 6.90. The van der Waals surface area contributed by atoms with E-state index in [1.165, 1.54) is 5.56 Å². The van der Waals surface area contributed by atoms with Gasteiger partial charge in [0.25, 0.3) is 0 Å². The molecule has 2 N–H and O–H groups in total. The summed E-state index contributed by atoms with van der Waals surface area (Å²) in [6.07, 6.45) is 6.29. The molecule has 0 bridgehead atoms. The Morgan fingerprint density at radius 3 is 2.67 bits per heavy atom. The fourth-order valence-electron chi connectivity index (χ4n) is 1.98. The lowest BCUT2D eigenvalue weighted by atomic mass is 10.1. The molecule has 1 amide bonds. The zero-order valence-electron chi connectivity index (χ0n) is 12.0. The van der Waals surface area contributed by atoms with Crippen LogP contribution in [0.1, 0.15) is 18.1 Å². The standard InChI is InChI=1S/C18H18N2O/c1-3-14-7-5-9-16(11-14)19-13-18(21)20-17-10-6-8-15(4-2)12-17/h1,5-12,19H,4,13H2,2H3,(H,20,21). The fourth-order valence-corrected chi connectivity index (χ4v) is 1.98.